The molecule has 1 unspecified atom stereocenters. The Morgan fingerprint density at radius 3 is 1.22 bits per heavy atom. The number of allylic oxidation sites excluding steroid dienone is 2. The van der Waals surface area contributed by atoms with Crippen LogP contribution in [0.25, 0.3) is 0 Å². The lowest BCUT2D eigenvalue weighted by Crippen LogP contribution is -2.45. The van der Waals surface area contributed by atoms with Crippen LogP contribution >= 0.6 is 0 Å². The summed E-state index contributed by atoms with van der Waals surface area (Å²) >= 11 is 0. The van der Waals surface area contributed by atoms with Crippen molar-refractivity contribution in [2.45, 2.75) is 103 Å². The molecule has 0 rings (SSSR count). The van der Waals surface area contributed by atoms with E-state index in [9.17, 15) is 5.11 Å². The molecule has 13 nitrogen and oxygen atoms in total. The van der Waals surface area contributed by atoms with Gasteiger partial charge in [0.25, 0.3) is 0 Å². The molecular weight excluding hydrogens is 694 g/mol. The monoisotopic (exact) mass is 780 g/mol. The molecule has 0 fully saturated rings. The molecule has 0 aliphatic carbocycles. The Morgan fingerprint density at radius 2 is 0.778 bits per heavy atom. The number of unbranched alkanes of at least 4 members (excludes halogenated alkanes) is 12. The fourth-order valence-corrected chi connectivity index (χ4v) is 5.99. The van der Waals surface area contributed by atoms with Gasteiger partial charge in [-0.1, -0.05) is 76.9 Å². The molecule has 0 spiro atoms. The van der Waals surface area contributed by atoms with Crippen molar-refractivity contribution >= 4 is 0 Å². The van der Waals surface area contributed by atoms with Gasteiger partial charge < -0.3 is 49.2 Å². The predicted octanol–water partition coefficient (Wildman–Crippen LogP) is 3.34. The standard InChI is InChI=1S/C41H85N3O10/c1-2-3-4-5-6-7-8-9-10-11-12-13-14-15-16-17-30-54-40-41(49)39-44(25-34-53-38-29-48)21-20-42(22-31-50-35-26-45)18-19-43(23-32-51-36-27-46)24-33-52-37-28-47/h9-10,41,45-49H,2-8,11-40H2,1H3. The van der Waals surface area contributed by atoms with E-state index in [1.54, 1.807) is 0 Å². The molecule has 0 amide bonds. The maximum Gasteiger partial charge on any atom is 0.0900 e. The van der Waals surface area contributed by atoms with Gasteiger partial charge in [0.05, 0.1) is 92.0 Å². The van der Waals surface area contributed by atoms with Crippen molar-refractivity contribution in [3.63, 3.8) is 0 Å². The summed E-state index contributed by atoms with van der Waals surface area (Å²) in [7, 11) is 0. The van der Waals surface area contributed by atoms with Crippen LogP contribution in [0.4, 0.5) is 0 Å². The van der Waals surface area contributed by atoms with Crippen molar-refractivity contribution in [1.82, 2.24) is 14.7 Å². The van der Waals surface area contributed by atoms with E-state index in [-0.39, 0.29) is 33.0 Å². The van der Waals surface area contributed by atoms with Gasteiger partial charge >= 0.3 is 0 Å². The predicted molar refractivity (Wildman–Crippen MR) is 217 cm³/mol. The zero-order valence-electron chi connectivity index (χ0n) is 34.5. The SMILES string of the molecule is CCCCCCCCC=CCCCCCCCCOCC(O)CN(CCOCCO)CCN(CCOCCO)CCN(CCOCCO)CCOCCO. The minimum absolute atomic E-state index is 0.0123. The number of hydrogen-bond acceptors (Lipinski definition) is 13. The first kappa shape index (κ1) is 53.2. The molecule has 13 heteroatoms. The molecule has 0 aromatic rings. The van der Waals surface area contributed by atoms with E-state index in [4.69, 9.17) is 44.1 Å². The fourth-order valence-electron chi connectivity index (χ4n) is 5.99. The summed E-state index contributed by atoms with van der Waals surface area (Å²) in [6, 6.07) is 0. The summed E-state index contributed by atoms with van der Waals surface area (Å²) in [5.74, 6) is 0. The molecule has 0 aliphatic heterocycles. The molecular formula is C41H85N3O10. The number of rotatable bonds is 46. The Hall–Kier alpha value is -0.780. The Kier molecular flexibility index (Phi) is 44.3. The molecule has 1 atom stereocenters. The van der Waals surface area contributed by atoms with Crippen LogP contribution in [-0.2, 0) is 23.7 Å². The summed E-state index contributed by atoms with van der Waals surface area (Å²) in [5.41, 5.74) is 0. The second-order valence-corrected chi connectivity index (χ2v) is 14.0. The van der Waals surface area contributed by atoms with Crippen LogP contribution in [0.15, 0.2) is 12.2 Å². The van der Waals surface area contributed by atoms with Gasteiger partial charge in [0.2, 0.25) is 0 Å². The Labute approximate surface area is 329 Å². The van der Waals surface area contributed by atoms with Crippen molar-refractivity contribution in [3.05, 3.63) is 12.2 Å². The minimum Gasteiger partial charge on any atom is -0.394 e. The van der Waals surface area contributed by atoms with Crippen LogP contribution in [0, 0.1) is 0 Å². The summed E-state index contributed by atoms with van der Waals surface area (Å²) in [6.45, 7) is 12.4. The van der Waals surface area contributed by atoms with Crippen molar-refractivity contribution in [2.24, 2.45) is 0 Å². The zero-order chi connectivity index (χ0) is 39.4. The van der Waals surface area contributed by atoms with Crippen molar-refractivity contribution in [3.8, 4) is 0 Å². The lowest BCUT2D eigenvalue weighted by Gasteiger charge is -2.31. The first-order valence-corrected chi connectivity index (χ1v) is 21.4. The van der Waals surface area contributed by atoms with Crippen molar-refractivity contribution in [1.29, 1.82) is 0 Å². The summed E-state index contributed by atoms with van der Waals surface area (Å²) in [4.78, 5) is 6.74. The lowest BCUT2D eigenvalue weighted by molar-refractivity contribution is 0.00448. The normalized spacial score (nSPS) is 12.8. The number of nitrogens with zero attached hydrogens (tertiary/aromatic N) is 3. The third kappa shape index (κ3) is 39.5. The van der Waals surface area contributed by atoms with E-state index < -0.39 is 6.10 Å². The van der Waals surface area contributed by atoms with E-state index in [0.717, 1.165) is 32.5 Å². The van der Waals surface area contributed by atoms with Crippen molar-refractivity contribution in [2.75, 3.05) is 151 Å². The Bertz CT molecular complexity index is 731. The summed E-state index contributed by atoms with van der Waals surface area (Å²) in [5, 5.41) is 47.3. The summed E-state index contributed by atoms with van der Waals surface area (Å²) < 4.78 is 28.0. The van der Waals surface area contributed by atoms with Gasteiger partial charge in [0, 0.05) is 65.5 Å². The third-order valence-corrected chi connectivity index (χ3v) is 9.19. The highest BCUT2D eigenvalue weighted by molar-refractivity contribution is 4.81. The van der Waals surface area contributed by atoms with E-state index in [2.05, 4.69) is 33.8 Å². The number of aliphatic hydroxyl groups is 5. The van der Waals surface area contributed by atoms with Crippen LogP contribution in [0.3, 0.4) is 0 Å². The first-order valence-electron chi connectivity index (χ1n) is 21.4. The van der Waals surface area contributed by atoms with Crippen LogP contribution in [0.1, 0.15) is 96.8 Å². The van der Waals surface area contributed by atoms with Crippen LogP contribution in [-0.4, -0.2) is 198 Å². The Morgan fingerprint density at radius 1 is 0.407 bits per heavy atom. The Balaban J connectivity index is 4.61. The van der Waals surface area contributed by atoms with Crippen LogP contribution in [0.5, 0.6) is 0 Å². The quantitative estimate of drug-likeness (QED) is 0.0454. The maximum absolute atomic E-state index is 10.9. The number of hydrogen-bond donors (Lipinski definition) is 5. The van der Waals surface area contributed by atoms with Gasteiger partial charge in [-0.3, -0.25) is 14.7 Å². The molecule has 0 bridgehead atoms. The second kappa shape index (κ2) is 44.9. The molecule has 0 saturated heterocycles. The highest BCUT2D eigenvalue weighted by Crippen LogP contribution is 2.10. The lowest BCUT2D eigenvalue weighted by atomic mass is 10.1. The van der Waals surface area contributed by atoms with Gasteiger partial charge in [-0.25, -0.2) is 0 Å². The number of ether oxygens (including phenoxy) is 5. The van der Waals surface area contributed by atoms with Crippen LogP contribution < -0.4 is 0 Å². The van der Waals surface area contributed by atoms with E-state index in [0.29, 0.717) is 98.7 Å². The minimum atomic E-state index is -0.619. The molecule has 324 valence electrons. The van der Waals surface area contributed by atoms with Gasteiger partial charge in [-0.05, 0) is 32.1 Å². The number of aliphatic hydroxyl groups excluding tert-OH is 5. The van der Waals surface area contributed by atoms with Gasteiger partial charge in [0.1, 0.15) is 0 Å². The second-order valence-electron chi connectivity index (χ2n) is 14.0. The van der Waals surface area contributed by atoms with Crippen LogP contribution in [0.2, 0.25) is 0 Å². The fraction of sp³-hybridized carbons (Fsp3) is 0.951. The maximum atomic E-state index is 10.9. The smallest absolute Gasteiger partial charge is 0.0900 e. The van der Waals surface area contributed by atoms with Crippen molar-refractivity contribution < 1.29 is 49.2 Å². The largest absolute Gasteiger partial charge is 0.394 e. The molecule has 0 aromatic heterocycles. The van der Waals surface area contributed by atoms with E-state index >= 15 is 0 Å². The molecule has 0 radical (unpaired) electrons. The molecule has 5 N–H and O–H groups in total. The molecule has 0 saturated carbocycles. The first-order chi connectivity index (χ1) is 26.6. The average Bonchev–Trinajstić information content (AvgIpc) is 3.17. The summed E-state index contributed by atoms with van der Waals surface area (Å²) in [6.07, 6.45) is 21.9. The topological polar surface area (TPSA) is 157 Å². The molecule has 0 heterocycles. The van der Waals surface area contributed by atoms with Gasteiger partial charge in [0.15, 0.2) is 0 Å². The third-order valence-electron chi connectivity index (χ3n) is 9.19. The zero-order valence-corrected chi connectivity index (χ0v) is 34.5. The van der Waals surface area contributed by atoms with E-state index in [1.807, 2.05) is 0 Å². The highest BCUT2D eigenvalue weighted by atomic mass is 16.5. The van der Waals surface area contributed by atoms with E-state index in [1.165, 1.54) is 77.0 Å². The van der Waals surface area contributed by atoms with Gasteiger partial charge in [-0.2, -0.15) is 0 Å². The average molecular weight is 780 g/mol. The van der Waals surface area contributed by atoms with Gasteiger partial charge in [-0.15, -0.1) is 0 Å². The molecule has 0 aromatic carbocycles. The highest BCUT2D eigenvalue weighted by Gasteiger charge is 2.16. The molecule has 0 aliphatic rings. The molecule has 54 heavy (non-hydrogen) atoms.